The molecule has 0 radical (unpaired) electrons. The molecule has 2 saturated heterocycles. The van der Waals surface area contributed by atoms with Gasteiger partial charge in [-0.1, -0.05) is 36.4 Å². The number of hydrogen-bond acceptors (Lipinski definition) is 9. The molecule has 0 N–H and O–H groups in total. The Balaban J connectivity index is 1.29. The van der Waals surface area contributed by atoms with Crippen LogP contribution in [-0.2, 0) is 36.5 Å². The lowest BCUT2D eigenvalue weighted by Gasteiger charge is -2.30. The van der Waals surface area contributed by atoms with Crippen LogP contribution in [0.4, 0.5) is 0 Å². The largest absolute Gasteiger partial charge is 0.464 e. The highest BCUT2D eigenvalue weighted by molar-refractivity contribution is 6.00. The summed E-state index contributed by atoms with van der Waals surface area (Å²) < 4.78 is 32.4. The molecule has 0 saturated carbocycles. The van der Waals surface area contributed by atoms with Crippen molar-refractivity contribution in [3.63, 3.8) is 0 Å². The molecule has 0 bridgehead atoms. The van der Waals surface area contributed by atoms with Crippen LogP contribution >= 0.6 is 0 Å². The third-order valence-electron chi connectivity index (χ3n) is 7.99. The smallest absolute Gasteiger partial charge is 0.357 e. The lowest BCUT2D eigenvalue weighted by atomic mass is 9.85. The normalized spacial score (nSPS) is 24.8. The van der Waals surface area contributed by atoms with Gasteiger partial charge in [0.25, 0.3) is 0 Å². The van der Waals surface area contributed by atoms with Crippen LogP contribution in [0.5, 0.6) is 0 Å². The summed E-state index contributed by atoms with van der Waals surface area (Å²) >= 11 is 0. The van der Waals surface area contributed by atoms with Gasteiger partial charge in [0.2, 0.25) is 0 Å². The van der Waals surface area contributed by atoms with E-state index in [0.717, 1.165) is 18.4 Å². The fourth-order valence-corrected chi connectivity index (χ4v) is 5.99. The second-order valence-corrected chi connectivity index (χ2v) is 11.0. The average molecular weight is 556 g/mol. The van der Waals surface area contributed by atoms with Crippen LogP contribution in [0, 0.1) is 0 Å². The fourth-order valence-electron chi connectivity index (χ4n) is 5.99. The number of esters is 2. The van der Waals surface area contributed by atoms with E-state index in [2.05, 4.69) is 22.1 Å². The van der Waals surface area contributed by atoms with Crippen molar-refractivity contribution in [2.45, 2.75) is 63.1 Å². The SMILES string of the molecule is COC(=O)c1ncnc2c1ccn2[C@@H]1O[C@H](C(OC(=O)c2ccccc2)c2ccc3c(c2)CC3)[C@H]2OC(C)(C)O[C@H]21. The first-order valence-electron chi connectivity index (χ1n) is 13.6. The molecule has 7 rings (SSSR count). The predicted octanol–water partition coefficient (Wildman–Crippen LogP) is 4.33. The number of methoxy groups -OCH3 is 1. The number of aromatic nitrogens is 3. The van der Waals surface area contributed by atoms with Crippen LogP contribution in [0.3, 0.4) is 0 Å². The number of carbonyl (C=O) groups excluding carboxylic acids is 2. The Morgan fingerprint density at radius 1 is 0.976 bits per heavy atom. The minimum absolute atomic E-state index is 0.156. The molecule has 0 spiro atoms. The Morgan fingerprint density at radius 3 is 2.49 bits per heavy atom. The predicted molar refractivity (Wildman–Crippen MR) is 145 cm³/mol. The number of aryl methyl sites for hydroxylation is 2. The molecule has 210 valence electrons. The van der Waals surface area contributed by atoms with Crippen LogP contribution in [0.25, 0.3) is 11.0 Å². The third-order valence-corrected chi connectivity index (χ3v) is 7.99. The van der Waals surface area contributed by atoms with Crippen molar-refractivity contribution in [1.82, 2.24) is 14.5 Å². The summed E-state index contributed by atoms with van der Waals surface area (Å²) in [5, 5.41) is 0.524. The van der Waals surface area contributed by atoms with Gasteiger partial charge in [-0.2, -0.15) is 0 Å². The molecule has 4 heterocycles. The Hall–Kier alpha value is -4.12. The molecule has 1 unspecified atom stereocenters. The molecule has 10 heteroatoms. The molecule has 1 aliphatic carbocycles. The summed E-state index contributed by atoms with van der Waals surface area (Å²) in [5.41, 5.74) is 4.45. The fraction of sp³-hybridized carbons (Fsp3) is 0.355. The molecule has 4 aromatic rings. The summed E-state index contributed by atoms with van der Waals surface area (Å²) in [5.74, 6) is -1.92. The van der Waals surface area contributed by atoms with Crippen LogP contribution in [0.2, 0.25) is 0 Å². The molecular weight excluding hydrogens is 526 g/mol. The van der Waals surface area contributed by atoms with E-state index < -0.39 is 48.4 Å². The first kappa shape index (κ1) is 25.8. The lowest BCUT2D eigenvalue weighted by molar-refractivity contribution is -0.207. The number of fused-ring (bicyclic) bond motifs is 3. The number of carbonyl (C=O) groups is 2. The van der Waals surface area contributed by atoms with Gasteiger partial charge in [0, 0.05) is 6.20 Å². The molecule has 41 heavy (non-hydrogen) atoms. The summed E-state index contributed by atoms with van der Waals surface area (Å²) in [4.78, 5) is 34.3. The third kappa shape index (κ3) is 4.39. The van der Waals surface area contributed by atoms with E-state index in [-0.39, 0.29) is 5.69 Å². The zero-order valence-corrected chi connectivity index (χ0v) is 22.9. The molecule has 0 amide bonds. The first-order chi connectivity index (χ1) is 19.8. The van der Waals surface area contributed by atoms with Crippen molar-refractivity contribution >= 4 is 23.0 Å². The van der Waals surface area contributed by atoms with Crippen molar-refractivity contribution in [1.29, 1.82) is 0 Å². The topological polar surface area (TPSA) is 111 Å². The Kier molecular flexibility index (Phi) is 6.15. The molecule has 2 aromatic carbocycles. The molecule has 3 aliphatic rings. The van der Waals surface area contributed by atoms with E-state index in [1.54, 1.807) is 41.1 Å². The lowest BCUT2D eigenvalue weighted by Crippen LogP contribution is -2.36. The van der Waals surface area contributed by atoms with Crippen LogP contribution in [-0.4, -0.2) is 57.7 Å². The Morgan fingerprint density at radius 2 is 1.76 bits per heavy atom. The number of nitrogens with zero attached hydrogens (tertiary/aromatic N) is 3. The minimum Gasteiger partial charge on any atom is -0.464 e. The van der Waals surface area contributed by atoms with E-state index >= 15 is 0 Å². The van der Waals surface area contributed by atoms with Crippen molar-refractivity contribution in [3.8, 4) is 0 Å². The van der Waals surface area contributed by atoms with Crippen LogP contribution in [0.15, 0.2) is 67.1 Å². The maximum Gasteiger partial charge on any atom is 0.357 e. The second kappa shape index (κ2) is 9.76. The molecular formula is C31H29N3O7. The van der Waals surface area contributed by atoms with Gasteiger partial charge in [0.05, 0.1) is 18.1 Å². The maximum absolute atomic E-state index is 13.4. The highest BCUT2D eigenvalue weighted by atomic mass is 16.8. The van der Waals surface area contributed by atoms with E-state index in [1.807, 2.05) is 26.0 Å². The highest BCUT2D eigenvalue weighted by Crippen LogP contribution is 2.48. The molecule has 5 atom stereocenters. The van der Waals surface area contributed by atoms with E-state index in [1.165, 1.54) is 24.6 Å². The highest BCUT2D eigenvalue weighted by Gasteiger charge is 2.59. The summed E-state index contributed by atoms with van der Waals surface area (Å²) in [6.45, 7) is 3.70. The summed E-state index contributed by atoms with van der Waals surface area (Å²) in [6, 6.07) is 16.8. The van der Waals surface area contributed by atoms with Gasteiger partial charge < -0.3 is 28.3 Å². The van der Waals surface area contributed by atoms with E-state index in [0.29, 0.717) is 16.6 Å². The summed E-state index contributed by atoms with van der Waals surface area (Å²) in [6.07, 6.45) is 1.85. The van der Waals surface area contributed by atoms with Gasteiger partial charge in [-0.15, -0.1) is 0 Å². The first-order valence-corrected chi connectivity index (χ1v) is 13.6. The number of hydrogen-bond donors (Lipinski definition) is 0. The molecule has 2 aliphatic heterocycles. The van der Waals surface area contributed by atoms with Gasteiger partial charge in [-0.3, -0.25) is 0 Å². The van der Waals surface area contributed by atoms with Crippen molar-refractivity contribution in [2.75, 3.05) is 7.11 Å². The quantitative estimate of drug-likeness (QED) is 0.321. The monoisotopic (exact) mass is 555 g/mol. The molecule has 2 fully saturated rings. The van der Waals surface area contributed by atoms with Crippen LogP contribution in [0.1, 0.15) is 63.7 Å². The number of ether oxygens (including phenoxy) is 5. The van der Waals surface area contributed by atoms with Crippen molar-refractivity contribution < 1.29 is 33.3 Å². The van der Waals surface area contributed by atoms with Gasteiger partial charge >= 0.3 is 11.9 Å². The van der Waals surface area contributed by atoms with Crippen molar-refractivity contribution in [3.05, 3.63) is 95.1 Å². The molecule has 10 nitrogen and oxygen atoms in total. The second-order valence-electron chi connectivity index (χ2n) is 11.0. The number of rotatable bonds is 6. The van der Waals surface area contributed by atoms with E-state index in [4.69, 9.17) is 23.7 Å². The van der Waals surface area contributed by atoms with Gasteiger partial charge in [-0.05, 0) is 61.6 Å². The van der Waals surface area contributed by atoms with E-state index in [9.17, 15) is 9.59 Å². The zero-order valence-electron chi connectivity index (χ0n) is 22.9. The Labute approximate surface area is 236 Å². The Bertz CT molecular complexity index is 1650. The van der Waals surface area contributed by atoms with Gasteiger partial charge in [-0.25, -0.2) is 19.6 Å². The number of benzene rings is 2. The molecule has 2 aromatic heterocycles. The van der Waals surface area contributed by atoms with Gasteiger partial charge in [0.15, 0.2) is 23.8 Å². The van der Waals surface area contributed by atoms with Crippen molar-refractivity contribution in [2.24, 2.45) is 0 Å². The minimum atomic E-state index is -0.904. The summed E-state index contributed by atoms with van der Waals surface area (Å²) in [7, 11) is 1.31. The maximum atomic E-state index is 13.4. The zero-order chi connectivity index (χ0) is 28.3. The average Bonchev–Trinajstić information content (AvgIpc) is 3.63. The standard InChI is InChI=1S/C31H29N3O7/c1-31(2)40-25-24(23(20-12-10-17-9-11-19(17)15-20)39-29(35)18-7-5-4-6-8-18)38-28(26(25)41-31)34-14-13-21-22(30(36)37-3)32-16-33-27(21)34/h4-8,10,12-16,23-26,28H,9,11H2,1-3H3/t23?,24-,25-,26-,28-/m1/s1. The van der Waals surface area contributed by atoms with Crippen LogP contribution < -0.4 is 0 Å². The van der Waals surface area contributed by atoms with Gasteiger partial charge in [0.1, 0.15) is 30.3 Å².